The number of aryl methyl sites for hydroxylation is 1. The van der Waals surface area contributed by atoms with Gasteiger partial charge in [0.2, 0.25) is 0 Å². The van der Waals surface area contributed by atoms with Gasteiger partial charge in [-0.15, -0.1) is 0 Å². The number of pyridine rings is 1. The summed E-state index contributed by atoms with van der Waals surface area (Å²) in [4.78, 5) is 37.3. The van der Waals surface area contributed by atoms with Gasteiger partial charge in [-0.3, -0.25) is 19.5 Å². The minimum absolute atomic E-state index is 0.0321. The Balaban J connectivity index is 1.61. The van der Waals surface area contributed by atoms with E-state index in [1.54, 1.807) is 23.2 Å². The number of fused-ring (bicyclic) bond motifs is 3. The van der Waals surface area contributed by atoms with Crippen molar-refractivity contribution < 1.29 is 27.5 Å². The fraction of sp³-hybridized carbons (Fsp3) is 0.333. The fourth-order valence-electron chi connectivity index (χ4n) is 4.44. The Morgan fingerprint density at radius 1 is 1.34 bits per heavy atom. The molecule has 0 bridgehead atoms. The van der Waals surface area contributed by atoms with Gasteiger partial charge in [-0.25, -0.2) is 4.98 Å². The fourth-order valence-corrected chi connectivity index (χ4v) is 4.44. The molecule has 2 aliphatic rings. The Kier molecular flexibility index (Phi) is 7.96. The van der Waals surface area contributed by atoms with Crippen molar-refractivity contribution in [3.05, 3.63) is 60.3 Å². The second-order valence-corrected chi connectivity index (χ2v) is 8.85. The highest BCUT2D eigenvalue weighted by Crippen LogP contribution is 2.39. The molecule has 0 aliphatic carbocycles. The molecule has 1 aromatic heterocycles. The SMILES string of the molecule is C=C/C(=C\C=N/CC(F)(F)F)C(=O)Nc1ccc(C)c(-c2cnc3c(c2)N2CCOCC2C(=O)N3CC)c1. The van der Waals surface area contributed by atoms with Gasteiger partial charge in [-0.2, -0.15) is 13.2 Å². The van der Waals surface area contributed by atoms with Crippen molar-refractivity contribution in [2.45, 2.75) is 26.1 Å². The number of carbonyl (C=O) groups is 2. The number of benzene rings is 1. The van der Waals surface area contributed by atoms with Crippen molar-refractivity contribution in [2.24, 2.45) is 4.99 Å². The molecule has 2 aliphatic heterocycles. The molecular formula is C27H28F3N5O3. The van der Waals surface area contributed by atoms with Crippen molar-refractivity contribution in [1.29, 1.82) is 0 Å². The molecular weight excluding hydrogens is 499 g/mol. The van der Waals surface area contributed by atoms with Gasteiger partial charge in [0.25, 0.3) is 11.8 Å². The number of carbonyl (C=O) groups excluding carboxylic acids is 2. The van der Waals surface area contributed by atoms with Crippen molar-refractivity contribution in [3.63, 3.8) is 0 Å². The highest BCUT2D eigenvalue weighted by molar-refractivity contribution is 6.08. The minimum Gasteiger partial charge on any atom is -0.377 e. The summed E-state index contributed by atoms with van der Waals surface area (Å²) in [7, 11) is 0. The summed E-state index contributed by atoms with van der Waals surface area (Å²) in [5.41, 5.74) is 3.99. The number of amides is 2. The van der Waals surface area contributed by atoms with Gasteiger partial charge in [0.15, 0.2) is 5.82 Å². The Labute approximate surface area is 218 Å². The van der Waals surface area contributed by atoms with Crippen LogP contribution in [0.4, 0.5) is 30.4 Å². The van der Waals surface area contributed by atoms with E-state index >= 15 is 0 Å². The first-order valence-corrected chi connectivity index (χ1v) is 12.1. The van der Waals surface area contributed by atoms with Crippen LogP contribution in [0.2, 0.25) is 0 Å². The van der Waals surface area contributed by atoms with E-state index in [0.717, 1.165) is 28.6 Å². The third-order valence-corrected chi connectivity index (χ3v) is 6.33. The summed E-state index contributed by atoms with van der Waals surface area (Å²) in [6.07, 6.45) is 0.646. The maximum atomic E-state index is 13.0. The number of allylic oxidation sites excluding steroid dienone is 1. The lowest BCUT2D eigenvalue weighted by atomic mass is 9.99. The molecule has 8 nitrogen and oxygen atoms in total. The maximum absolute atomic E-state index is 13.0. The van der Waals surface area contributed by atoms with Gasteiger partial charge in [-0.1, -0.05) is 18.7 Å². The van der Waals surface area contributed by atoms with Gasteiger partial charge < -0.3 is 15.0 Å². The predicted octanol–water partition coefficient (Wildman–Crippen LogP) is 4.31. The number of hydrogen-bond donors (Lipinski definition) is 1. The van der Waals surface area contributed by atoms with Crippen LogP contribution in [0.25, 0.3) is 11.1 Å². The van der Waals surface area contributed by atoms with E-state index in [2.05, 4.69) is 21.9 Å². The number of aromatic nitrogens is 1. The number of likely N-dealkylation sites (N-methyl/N-ethyl adjacent to an activating group) is 1. The molecule has 1 aromatic carbocycles. The topological polar surface area (TPSA) is 87.1 Å². The van der Waals surface area contributed by atoms with E-state index in [9.17, 15) is 22.8 Å². The van der Waals surface area contributed by atoms with Crippen LogP contribution in [0, 0.1) is 6.92 Å². The van der Waals surface area contributed by atoms with Crippen LogP contribution in [0.15, 0.2) is 59.8 Å². The molecule has 2 amide bonds. The minimum atomic E-state index is -4.42. The van der Waals surface area contributed by atoms with E-state index in [-0.39, 0.29) is 11.5 Å². The molecule has 2 aromatic rings. The van der Waals surface area contributed by atoms with Crippen LogP contribution < -0.4 is 15.1 Å². The zero-order chi connectivity index (χ0) is 27.4. The van der Waals surface area contributed by atoms with Crippen molar-refractivity contribution in [2.75, 3.05) is 48.0 Å². The molecule has 0 spiro atoms. The summed E-state index contributed by atoms with van der Waals surface area (Å²) in [5, 5.41) is 2.75. The van der Waals surface area contributed by atoms with Crippen LogP contribution in [-0.4, -0.2) is 68.1 Å². The van der Waals surface area contributed by atoms with Crippen molar-refractivity contribution in [1.82, 2.24) is 4.98 Å². The lowest BCUT2D eigenvalue weighted by Gasteiger charge is -2.44. The number of rotatable bonds is 7. The van der Waals surface area contributed by atoms with E-state index in [1.165, 1.54) is 12.2 Å². The molecule has 1 saturated heterocycles. The molecule has 1 N–H and O–H groups in total. The van der Waals surface area contributed by atoms with Gasteiger partial charge in [0, 0.05) is 42.3 Å². The Bertz CT molecular complexity index is 1310. The van der Waals surface area contributed by atoms with E-state index in [0.29, 0.717) is 37.8 Å². The Morgan fingerprint density at radius 2 is 2.13 bits per heavy atom. The monoisotopic (exact) mass is 527 g/mol. The van der Waals surface area contributed by atoms with Crippen LogP contribution in [0.5, 0.6) is 0 Å². The average Bonchev–Trinajstić information content (AvgIpc) is 2.89. The second-order valence-electron chi connectivity index (χ2n) is 8.85. The predicted molar refractivity (Wildman–Crippen MR) is 141 cm³/mol. The maximum Gasteiger partial charge on any atom is 0.407 e. The molecule has 200 valence electrons. The number of anilines is 3. The van der Waals surface area contributed by atoms with Gasteiger partial charge in [-0.05, 0) is 49.2 Å². The average molecular weight is 528 g/mol. The normalized spacial score (nSPS) is 17.9. The summed E-state index contributed by atoms with van der Waals surface area (Å²) in [6.45, 7) is 7.96. The first-order chi connectivity index (χ1) is 18.1. The van der Waals surface area contributed by atoms with Crippen LogP contribution in [0.3, 0.4) is 0 Å². The van der Waals surface area contributed by atoms with E-state index in [1.807, 2.05) is 30.9 Å². The quantitative estimate of drug-likeness (QED) is 0.330. The number of nitrogens with zero attached hydrogens (tertiary/aromatic N) is 4. The number of aliphatic imine (C=N–C) groups is 1. The highest BCUT2D eigenvalue weighted by Gasteiger charge is 2.40. The van der Waals surface area contributed by atoms with Crippen LogP contribution >= 0.6 is 0 Å². The Morgan fingerprint density at radius 3 is 2.84 bits per heavy atom. The molecule has 0 radical (unpaired) electrons. The molecule has 0 saturated carbocycles. The molecule has 1 atom stereocenters. The third-order valence-electron chi connectivity index (χ3n) is 6.33. The standard InChI is InChI=1S/C27H28F3N5O3/c1-4-18(8-9-31-16-27(28,29)30)25(36)33-20-7-6-17(3)21(13-20)19-12-22-24(32-14-19)34(5-2)26(37)23-15-38-11-10-35(22)23/h4,6-9,12-14,23H,1,5,10-11,15-16H2,2-3H3,(H,33,36)/b18-8+,31-9-. The lowest BCUT2D eigenvalue weighted by molar-refractivity contribution is -0.122. The molecule has 11 heteroatoms. The second kappa shape index (κ2) is 11.2. The van der Waals surface area contributed by atoms with E-state index < -0.39 is 24.7 Å². The summed E-state index contributed by atoms with van der Waals surface area (Å²) in [5.74, 6) is 0.0370. The number of morpholine rings is 1. The van der Waals surface area contributed by atoms with Gasteiger partial charge in [0.1, 0.15) is 12.6 Å². The number of nitrogens with one attached hydrogen (secondary N) is 1. The Hall–Kier alpha value is -3.99. The molecule has 4 rings (SSSR count). The molecule has 38 heavy (non-hydrogen) atoms. The lowest BCUT2D eigenvalue weighted by Crippen LogP contribution is -2.59. The van der Waals surface area contributed by atoms with Crippen molar-refractivity contribution >= 4 is 35.2 Å². The van der Waals surface area contributed by atoms with Crippen LogP contribution in [-0.2, 0) is 14.3 Å². The largest absolute Gasteiger partial charge is 0.407 e. The van der Waals surface area contributed by atoms with Gasteiger partial charge >= 0.3 is 6.18 Å². The zero-order valence-electron chi connectivity index (χ0n) is 21.1. The number of hydrogen-bond acceptors (Lipinski definition) is 6. The summed E-state index contributed by atoms with van der Waals surface area (Å²) < 4.78 is 42.4. The van der Waals surface area contributed by atoms with Crippen molar-refractivity contribution in [3.8, 4) is 11.1 Å². The van der Waals surface area contributed by atoms with E-state index in [4.69, 9.17) is 4.74 Å². The molecule has 1 unspecified atom stereocenters. The van der Waals surface area contributed by atoms with Crippen LogP contribution in [0.1, 0.15) is 12.5 Å². The zero-order valence-corrected chi connectivity index (χ0v) is 21.1. The third kappa shape index (κ3) is 5.77. The summed E-state index contributed by atoms with van der Waals surface area (Å²) >= 11 is 0. The number of alkyl halides is 3. The first kappa shape index (κ1) is 27.1. The molecule has 1 fully saturated rings. The van der Waals surface area contributed by atoms with Gasteiger partial charge in [0.05, 0.1) is 18.9 Å². The first-order valence-electron chi connectivity index (χ1n) is 12.1. The smallest absolute Gasteiger partial charge is 0.377 e. The molecule has 3 heterocycles. The highest BCUT2D eigenvalue weighted by atomic mass is 19.4. The summed E-state index contributed by atoms with van der Waals surface area (Å²) in [6, 6.07) is 6.99. The number of halogens is 3. The number of ether oxygens (including phenoxy) is 1.